The maximum Gasteiger partial charge on any atom is 0.573 e. The maximum atomic E-state index is 12.1. The van der Waals surface area contributed by atoms with E-state index in [2.05, 4.69) is 4.74 Å². The fourth-order valence-corrected chi connectivity index (χ4v) is 1.99. The number of para-hydroxylation sites is 1. The number of phenols is 1. The van der Waals surface area contributed by atoms with Crippen LogP contribution in [0.3, 0.4) is 0 Å². The molecule has 22 heavy (non-hydrogen) atoms. The second-order valence-electron chi connectivity index (χ2n) is 4.61. The Labute approximate surface area is 131 Å². The molecule has 0 aromatic heterocycles. The molecule has 0 amide bonds. The molecule has 7 heteroatoms. The number of ether oxygens (including phenoxy) is 1. The SMILES string of the molecule is Cc1cccc([C@@H](N)c2ccc(OC(F)(F)F)cc2)c1O.Cl. The quantitative estimate of drug-likeness (QED) is 0.890. The standard InChI is InChI=1S/C15H14F3NO2.ClH/c1-9-3-2-4-12(14(9)20)13(19)10-5-7-11(8-6-10)21-15(16,17)18;/h2-8,13,20H,19H2,1H3;1H/t13-;/m0./s1. The van der Waals surface area contributed by atoms with E-state index in [0.29, 0.717) is 16.7 Å². The summed E-state index contributed by atoms with van der Waals surface area (Å²) in [6, 6.07) is 9.79. The molecular weight excluding hydrogens is 319 g/mol. The first-order valence-corrected chi connectivity index (χ1v) is 6.17. The minimum absolute atomic E-state index is 0. The third-order valence-corrected chi connectivity index (χ3v) is 3.08. The van der Waals surface area contributed by atoms with Gasteiger partial charge in [-0.2, -0.15) is 0 Å². The summed E-state index contributed by atoms with van der Waals surface area (Å²) in [4.78, 5) is 0. The molecule has 0 saturated carbocycles. The van der Waals surface area contributed by atoms with Gasteiger partial charge in [0, 0.05) is 5.56 Å². The van der Waals surface area contributed by atoms with E-state index >= 15 is 0 Å². The lowest BCUT2D eigenvalue weighted by Gasteiger charge is -2.16. The molecule has 2 rings (SSSR count). The number of aryl methyl sites for hydroxylation is 1. The molecule has 120 valence electrons. The van der Waals surface area contributed by atoms with Crippen molar-refractivity contribution in [2.45, 2.75) is 19.3 Å². The van der Waals surface area contributed by atoms with Gasteiger partial charge in [0.2, 0.25) is 0 Å². The third-order valence-electron chi connectivity index (χ3n) is 3.08. The van der Waals surface area contributed by atoms with E-state index in [1.54, 1.807) is 25.1 Å². The van der Waals surface area contributed by atoms with E-state index in [4.69, 9.17) is 5.73 Å². The van der Waals surface area contributed by atoms with Crippen LogP contribution in [0.5, 0.6) is 11.5 Å². The van der Waals surface area contributed by atoms with E-state index in [-0.39, 0.29) is 23.9 Å². The Morgan fingerprint density at radius 1 is 1.09 bits per heavy atom. The molecule has 0 saturated heterocycles. The first-order valence-electron chi connectivity index (χ1n) is 6.17. The lowest BCUT2D eigenvalue weighted by molar-refractivity contribution is -0.274. The molecule has 0 aliphatic carbocycles. The van der Waals surface area contributed by atoms with Crippen LogP contribution in [0.15, 0.2) is 42.5 Å². The molecule has 2 aromatic carbocycles. The molecule has 0 aliphatic rings. The molecular formula is C15H15ClF3NO2. The number of nitrogens with two attached hydrogens (primary N) is 1. The van der Waals surface area contributed by atoms with Crippen LogP contribution in [0, 0.1) is 6.92 Å². The Hall–Kier alpha value is -1.92. The molecule has 3 nitrogen and oxygen atoms in total. The van der Waals surface area contributed by atoms with Crippen LogP contribution in [0.2, 0.25) is 0 Å². The summed E-state index contributed by atoms with van der Waals surface area (Å²) in [5.74, 6) is -0.229. The highest BCUT2D eigenvalue weighted by atomic mass is 35.5. The van der Waals surface area contributed by atoms with Gasteiger partial charge in [-0.15, -0.1) is 25.6 Å². The van der Waals surface area contributed by atoms with Crippen molar-refractivity contribution in [2.24, 2.45) is 5.73 Å². The summed E-state index contributed by atoms with van der Waals surface area (Å²) < 4.78 is 40.0. The largest absolute Gasteiger partial charge is 0.573 e. The average Bonchev–Trinajstić information content (AvgIpc) is 2.40. The molecule has 3 N–H and O–H groups in total. The van der Waals surface area contributed by atoms with Crippen molar-refractivity contribution in [1.82, 2.24) is 0 Å². The van der Waals surface area contributed by atoms with Crippen molar-refractivity contribution >= 4 is 12.4 Å². The van der Waals surface area contributed by atoms with E-state index in [1.165, 1.54) is 24.3 Å². The third kappa shape index (κ3) is 4.29. The lowest BCUT2D eigenvalue weighted by atomic mass is 9.97. The Morgan fingerprint density at radius 2 is 1.68 bits per heavy atom. The molecule has 0 fully saturated rings. The summed E-state index contributed by atoms with van der Waals surface area (Å²) in [7, 11) is 0. The van der Waals surface area contributed by atoms with Crippen molar-refractivity contribution in [2.75, 3.05) is 0 Å². The second-order valence-corrected chi connectivity index (χ2v) is 4.61. The average molecular weight is 334 g/mol. The predicted molar refractivity (Wildman–Crippen MR) is 79.2 cm³/mol. The molecule has 0 bridgehead atoms. The van der Waals surface area contributed by atoms with Crippen molar-refractivity contribution in [3.05, 3.63) is 59.2 Å². The Kier molecular flexibility index (Phi) is 5.68. The number of rotatable bonds is 3. The van der Waals surface area contributed by atoms with Gasteiger partial charge >= 0.3 is 6.36 Å². The number of halogens is 4. The summed E-state index contributed by atoms with van der Waals surface area (Å²) in [6.07, 6.45) is -4.72. The summed E-state index contributed by atoms with van der Waals surface area (Å²) in [5, 5.41) is 9.98. The molecule has 1 atom stereocenters. The number of aromatic hydroxyl groups is 1. The van der Waals surface area contributed by atoms with Crippen LogP contribution < -0.4 is 10.5 Å². The van der Waals surface area contributed by atoms with Crippen LogP contribution in [0.25, 0.3) is 0 Å². The van der Waals surface area contributed by atoms with Crippen molar-refractivity contribution in [1.29, 1.82) is 0 Å². The van der Waals surface area contributed by atoms with Crippen molar-refractivity contribution < 1.29 is 23.0 Å². The maximum absolute atomic E-state index is 12.1. The highest BCUT2D eigenvalue weighted by Gasteiger charge is 2.31. The summed E-state index contributed by atoms with van der Waals surface area (Å²) in [6.45, 7) is 1.74. The first-order chi connectivity index (χ1) is 9.78. The zero-order chi connectivity index (χ0) is 15.6. The van der Waals surface area contributed by atoms with Gasteiger partial charge in [0.1, 0.15) is 11.5 Å². The topological polar surface area (TPSA) is 55.5 Å². The van der Waals surface area contributed by atoms with E-state index < -0.39 is 12.4 Å². The zero-order valence-corrected chi connectivity index (χ0v) is 12.4. The molecule has 0 aliphatic heterocycles. The number of phenolic OH excluding ortho intramolecular Hbond substituents is 1. The van der Waals surface area contributed by atoms with Gasteiger partial charge in [0.25, 0.3) is 0 Å². The fourth-order valence-electron chi connectivity index (χ4n) is 1.99. The second kappa shape index (κ2) is 6.89. The predicted octanol–water partition coefficient (Wildman–Crippen LogP) is 4.07. The highest BCUT2D eigenvalue weighted by molar-refractivity contribution is 5.85. The molecule has 0 spiro atoms. The Morgan fingerprint density at radius 3 is 2.23 bits per heavy atom. The normalized spacial score (nSPS) is 12.4. The van der Waals surface area contributed by atoms with Crippen LogP contribution >= 0.6 is 12.4 Å². The number of hydrogen-bond acceptors (Lipinski definition) is 3. The van der Waals surface area contributed by atoms with Gasteiger partial charge in [0.15, 0.2) is 0 Å². The molecule has 0 radical (unpaired) electrons. The van der Waals surface area contributed by atoms with Crippen LogP contribution in [-0.4, -0.2) is 11.5 Å². The lowest BCUT2D eigenvalue weighted by Crippen LogP contribution is -2.17. The molecule has 0 heterocycles. The van der Waals surface area contributed by atoms with Crippen molar-refractivity contribution in [3.63, 3.8) is 0 Å². The Balaban J connectivity index is 0.00000242. The summed E-state index contributed by atoms with van der Waals surface area (Å²) >= 11 is 0. The van der Waals surface area contributed by atoms with Crippen LogP contribution in [0.4, 0.5) is 13.2 Å². The van der Waals surface area contributed by atoms with E-state index in [1.807, 2.05) is 0 Å². The van der Waals surface area contributed by atoms with Crippen molar-refractivity contribution in [3.8, 4) is 11.5 Å². The number of benzene rings is 2. The summed E-state index contributed by atoms with van der Waals surface area (Å²) in [5.41, 5.74) is 7.81. The highest BCUT2D eigenvalue weighted by Crippen LogP contribution is 2.31. The first kappa shape index (κ1) is 18.1. The van der Waals surface area contributed by atoms with Gasteiger partial charge in [-0.3, -0.25) is 0 Å². The minimum Gasteiger partial charge on any atom is -0.507 e. The van der Waals surface area contributed by atoms with Gasteiger partial charge in [-0.1, -0.05) is 30.3 Å². The minimum atomic E-state index is -4.72. The molecule has 0 unspecified atom stereocenters. The number of alkyl halides is 3. The fraction of sp³-hybridized carbons (Fsp3) is 0.200. The van der Waals surface area contributed by atoms with Gasteiger partial charge in [0.05, 0.1) is 6.04 Å². The van der Waals surface area contributed by atoms with E-state index in [9.17, 15) is 18.3 Å². The molecule has 2 aromatic rings. The van der Waals surface area contributed by atoms with Gasteiger partial charge < -0.3 is 15.6 Å². The van der Waals surface area contributed by atoms with E-state index in [0.717, 1.165) is 0 Å². The monoisotopic (exact) mass is 333 g/mol. The number of hydrogen-bond donors (Lipinski definition) is 2. The Bertz CT molecular complexity index is 630. The van der Waals surface area contributed by atoms with Gasteiger partial charge in [-0.05, 0) is 30.2 Å². The van der Waals surface area contributed by atoms with Crippen LogP contribution in [-0.2, 0) is 0 Å². The smallest absolute Gasteiger partial charge is 0.507 e. The van der Waals surface area contributed by atoms with Crippen LogP contribution in [0.1, 0.15) is 22.7 Å². The zero-order valence-electron chi connectivity index (χ0n) is 11.6. The van der Waals surface area contributed by atoms with Gasteiger partial charge in [-0.25, -0.2) is 0 Å².